The number of amides is 1. The summed E-state index contributed by atoms with van der Waals surface area (Å²) >= 11 is 4.96. The predicted octanol–water partition coefficient (Wildman–Crippen LogP) is 7.70. The van der Waals surface area contributed by atoms with Crippen molar-refractivity contribution in [2.24, 2.45) is 4.99 Å². The highest BCUT2D eigenvalue weighted by Gasteiger charge is 2.33. The monoisotopic (exact) mass is 579 g/mol. The number of carbonyl (C=O) groups excluding carboxylic acids is 1. The fourth-order valence-electron chi connectivity index (χ4n) is 3.90. The Balaban J connectivity index is 1.38. The number of aliphatic imine (C=N–C) groups is 1. The standard InChI is InChI=1S/C31H22BrN3O2S/c32-27-17-23(15-16-28(27)37-21-25-12-8-7-11-24(25)19-33)18-29-30(36)35(20-22-9-3-1-4-10-22)31(38-29)34-26-13-5-2-6-14-26/h1-18H,20-21H2/b29-18+,34-31?. The number of hydrogen-bond acceptors (Lipinski definition) is 5. The number of thioether (sulfide) groups is 1. The minimum atomic E-state index is -0.0851. The highest BCUT2D eigenvalue weighted by atomic mass is 79.9. The first kappa shape index (κ1) is 25.5. The Morgan fingerprint density at radius 2 is 1.66 bits per heavy atom. The number of rotatable bonds is 7. The van der Waals surface area contributed by atoms with E-state index >= 15 is 0 Å². The fourth-order valence-corrected chi connectivity index (χ4v) is 5.40. The molecule has 0 unspecified atom stereocenters. The summed E-state index contributed by atoms with van der Waals surface area (Å²) in [4.78, 5) is 20.6. The quantitative estimate of drug-likeness (QED) is 0.210. The second-order valence-corrected chi connectivity index (χ2v) is 10.3. The molecule has 1 aliphatic rings. The molecule has 0 bridgehead atoms. The molecule has 0 aliphatic carbocycles. The van der Waals surface area contributed by atoms with Crippen molar-refractivity contribution in [3.63, 3.8) is 0 Å². The van der Waals surface area contributed by atoms with Gasteiger partial charge >= 0.3 is 0 Å². The lowest BCUT2D eigenvalue weighted by Gasteiger charge is -2.15. The Morgan fingerprint density at radius 3 is 2.39 bits per heavy atom. The lowest BCUT2D eigenvalue weighted by molar-refractivity contribution is -0.122. The van der Waals surface area contributed by atoms with Crippen LogP contribution in [0.15, 0.2) is 117 Å². The van der Waals surface area contributed by atoms with Gasteiger partial charge in [-0.1, -0.05) is 72.8 Å². The zero-order chi connectivity index (χ0) is 26.3. The molecule has 4 aromatic rings. The zero-order valence-electron chi connectivity index (χ0n) is 20.3. The van der Waals surface area contributed by atoms with Gasteiger partial charge in [0, 0.05) is 5.56 Å². The molecule has 0 atom stereocenters. The van der Waals surface area contributed by atoms with Gasteiger partial charge in [0.25, 0.3) is 5.91 Å². The Labute approximate surface area is 234 Å². The number of halogens is 1. The average Bonchev–Trinajstić information content (AvgIpc) is 3.22. The maximum Gasteiger partial charge on any atom is 0.267 e. The van der Waals surface area contributed by atoms with Crippen LogP contribution in [-0.4, -0.2) is 16.0 Å². The largest absolute Gasteiger partial charge is 0.488 e. The first-order valence-corrected chi connectivity index (χ1v) is 13.5. The van der Waals surface area contributed by atoms with Crippen LogP contribution < -0.4 is 4.74 Å². The van der Waals surface area contributed by atoms with Gasteiger partial charge in [-0.2, -0.15) is 5.26 Å². The Hall–Kier alpha value is -4.12. The Bertz CT molecular complexity index is 1560. The summed E-state index contributed by atoms with van der Waals surface area (Å²) < 4.78 is 6.72. The molecule has 0 spiro atoms. The second kappa shape index (κ2) is 12.0. The van der Waals surface area contributed by atoms with Crippen molar-refractivity contribution in [1.82, 2.24) is 4.90 Å². The molecule has 1 heterocycles. The zero-order valence-corrected chi connectivity index (χ0v) is 22.7. The first-order chi connectivity index (χ1) is 18.6. The van der Waals surface area contributed by atoms with Crippen LogP contribution in [0.4, 0.5) is 5.69 Å². The summed E-state index contributed by atoms with van der Waals surface area (Å²) in [5.41, 5.74) is 4.10. The maximum absolute atomic E-state index is 13.5. The lowest BCUT2D eigenvalue weighted by atomic mass is 10.1. The molecule has 38 heavy (non-hydrogen) atoms. The van der Waals surface area contributed by atoms with E-state index in [4.69, 9.17) is 9.73 Å². The normalized spacial score (nSPS) is 15.2. The number of ether oxygens (including phenoxy) is 1. The third kappa shape index (κ3) is 6.05. The number of nitrogens with zero attached hydrogens (tertiary/aromatic N) is 3. The number of hydrogen-bond donors (Lipinski definition) is 0. The van der Waals surface area contributed by atoms with Crippen molar-refractivity contribution < 1.29 is 9.53 Å². The molecule has 1 aliphatic heterocycles. The molecule has 1 saturated heterocycles. The molecule has 0 radical (unpaired) electrons. The summed E-state index contributed by atoms with van der Waals surface area (Å²) in [5, 5.41) is 9.95. The second-order valence-electron chi connectivity index (χ2n) is 8.46. The third-order valence-electron chi connectivity index (χ3n) is 5.83. The van der Waals surface area contributed by atoms with Crippen LogP contribution in [0.2, 0.25) is 0 Å². The molecule has 0 N–H and O–H groups in total. The van der Waals surface area contributed by atoms with Crippen molar-refractivity contribution in [1.29, 1.82) is 5.26 Å². The lowest BCUT2D eigenvalue weighted by Crippen LogP contribution is -2.28. The van der Waals surface area contributed by atoms with Gasteiger partial charge in [-0.05, 0) is 75.2 Å². The number of amidine groups is 1. The minimum absolute atomic E-state index is 0.0851. The SMILES string of the molecule is N#Cc1ccccc1COc1ccc(/C=C2/SC(=Nc3ccccc3)N(Cc3ccccc3)C2=O)cc1Br. The highest BCUT2D eigenvalue weighted by Crippen LogP contribution is 2.36. The molecular weight excluding hydrogens is 558 g/mol. The van der Waals surface area contributed by atoms with Gasteiger partial charge in [0.05, 0.1) is 33.2 Å². The smallest absolute Gasteiger partial charge is 0.267 e. The van der Waals surface area contributed by atoms with E-state index in [1.807, 2.05) is 103 Å². The maximum atomic E-state index is 13.5. The molecular formula is C31H22BrN3O2S. The predicted molar refractivity (Wildman–Crippen MR) is 156 cm³/mol. The van der Waals surface area contributed by atoms with Gasteiger partial charge in [-0.15, -0.1) is 0 Å². The Kier molecular flexibility index (Phi) is 8.03. The molecule has 186 valence electrons. The first-order valence-electron chi connectivity index (χ1n) is 11.9. The summed E-state index contributed by atoms with van der Waals surface area (Å²) in [6, 6.07) is 34.8. The summed E-state index contributed by atoms with van der Waals surface area (Å²) in [7, 11) is 0. The van der Waals surface area contributed by atoms with E-state index in [-0.39, 0.29) is 12.5 Å². The van der Waals surface area contributed by atoms with Crippen LogP contribution in [0.25, 0.3) is 6.08 Å². The number of carbonyl (C=O) groups is 1. The molecule has 5 nitrogen and oxygen atoms in total. The Morgan fingerprint density at radius 1 is 0.947 bits per heavy atom. The topological polar surface area (TPSA) is 65.7 Å². The van der Waals surface area contributed by atoms with E-state index < -0.39 is 0 Å². The highest BCUT2D eigenvalue weighted by molar-refractivity contribution is 9.10. The van der Waals surface area contributed by atoms with Crippen LogP contribution >= 0.6 is 27.7 Å². The summed E-state index contributed by atoms with van der Waals surface area (Å²) in [5.74, 6) is 0.570. The number of nitriles is 1. The summed E-state index contributed by atoms with van der Waals surface area (Å²) in [6.45, 7) is 0.723. The van der Waals surface area contributed by atoms with Crippen molar-refractivity contribution in [2.75, 3.05) is 0 Å². The van der Waals surface area contributed by atoms with E-state index in [2.05, 4.69) is 22.0 Å². The molecule has 0 aromatic heterocycles. The van der Waals surface area contributed by atoms with Crippen LogP contribution in [-0.2, 0) is 17.9 Å². The van der Waals surface area contributed by atoms with Crippen LogP contribution in [0, 0.1) is 11.3 Å². The molecule has 1 amide bonds. The van der Waals surface area contributed by atoms with Gasteiger partial charge in [-0.3, -0.25) is 9.69 Å². The molecule has 0 saturated carbocycles. The van der Waals surface area contributed by atoms with Crippen LogP contribution in [0.1, 0.15) is 22.3 Å². The molecule has 5 rings (SSSR count). The number of benzene rings is 4. The molecule has 7 heteroatoms. The summed E-state index contributed by atoms with van der Waals surface area (Å²) in [6.07, 6.45) is 1.87. The van der Waals surface area contributed by atoms with E-state index in [1.165, 1.54) is 11.8 Å². The van der Waals surface area contributed by atoms with Crippen molar-refractivity contribution in [3.8, 4) is 11.8 Å². The molecule has 4 aromatic carbocycles. The van der Waals surface area contributed by atoms with E-state index in [0.717, 1.165) is 26.9 Å². The third-order valence-corrected chi connectivity index (χ3v) is 7.45. The fraction of sp³-hybridized carbons (Fsp3) is 0.0645. The van der Waals surface area contributed by atoms with Gasteiger partial charge in [0.1, 0.15) is 12.4 Å². The van der Waals surface area contributed by atoms with E-state index in [1.54, 1.807) is 11.0 Å². The van der Waals surface area contributed by atoms with Gasteiger partial charge in [0.15, 0.2) is 5.17 Å². The van der Waals surface area contributed by atoms with Gasteiger partial charge < -0.3 is 4.74 Å². The minimum Gasteiger partial charge on any atom is -0.488 e. The van der Waals surface area contributed by atoms with Crippen molar-refractivity contribution in [2.45, 2.75) is 13.2 Å². The van der Waals surface area contributed by atoms with Gasteiger partial charge in [0.2, 0.25) is 0 Å². The average molecular weight is 581 g/mol. The van der Waals surface area contributed by atoms with Crippen molar-refractivity contribution in [3.05, 3.63) is 135 Å². The van der Waals surface area contributed by atoms with E-state index in [0.29, 0.717) is 27.9 Å². The van der Waals surface area contributed by atoms with Gasteiger partial charge in [-0.25, -0.2) is 4.99 Å². The van der Waals surface area contributed by atoms with Crippen molar-refractivity contribution >= 4 is 50.5 Å². The van der Waals surface area contributed by atoms with Crippen LogP contribution in [0.3, 0.4) is 0 Å². The molecule has 1 fully saturated rings. The van der Waals surface area contributed by atoms with E-state index in [9.17, 15) is 10.1 Å². The number of para-hydroxylation sites is 1. The van der Waals surface area contributed by atoms with Crippen LogP contribution in [0.5, 0.6) is 5.75 Å².